The van der Waals surface area contributed by atoms with Gasteiger partial charge in [-0.15, -0.1) is 0 Å². The summed E-state index contributed by atoms with van der Waals surface area (Å²) in [6, 6.07) is 13.7. The highest BCUT2D eigenvalue weighted by molar-refractivity contribution is 5.90. The highest BCUT2D eigenvalue weighted by Crippen LogP contribution is 2.29. The van der Waals surface area contributed by atoms with Gasteiger partial charge in [0, 0.05) is 62.3 Å². The van der Waals surface area contributed by atoms with E-state index in [9.17, 15) is 9.59 Å². The Balaban J connectivity index is 1.22. The first-order valence-corrected chi connectivity index (χ1v) is 16.0. The van der Waals surface area contributed by atoms with E-state index in [0.29, 0.717) is 50.3 Å². The maximum absolute atomic E-state index is 13.6. The number of nitrogens with zero attached hydrogens (tertiary/aromatic N) is 2. The lowest BCUT2D eigenvalue weighted by molar-refractivity contribution is -0.129. The first kappa shape index (κ1) is 30.9. The lowest BCUT2D eigenvalue weighted by Crippen LogP contribution is -2.54. The number of carbonyl (C=O) groups excluding carboxylic acids is 2. The van der Waals surface area contributed by atoms with Crippen LogP contribution < -0.4 is 20.1 Å². The average Bonchev–Trinajstić information content (AvgIpc) is 3.44. The number of aromatic nitrogens is 1. The van der Waals surface area contributed by atoms with Crippen molar-refractivity contribution in [2.24, 2.45) is 0 Å². The van der Waals surface area contributed by atoms with Crippen molar-refractivity contribution in [1.82, 2.24) is 25.4 Å². The number of amides is 2. The second-order valence-electron chi connectivity index (χ2n) is 11.7. The van der Waals surface area contributed by atoms with Crippen LogP contribution in [0.5, 0.6) is 11.5 Å². The van der Waals surface area contributed by atoms with E-state index in [1.807, 2.05) is 62.5 Å². The molecule has 2 heterocycles. The molecule has 9 nitrogen and oxygen atoms in total. The Morgan fingerprint density at radius 2 is 1.70 bits per heavy atom. The molecule has 0 spiro atoms. The zero-order chi connectivity index (χ0) is 30.0. The van der Waals surface area contributed by atoms with Crippen LogP contribution in [0.4, 0.5) is 0 Å². The Morgan fingerprint density at radius 3 is 2.47 bits per heavy atom. The number of aromatic amines is 1. The number of hydrogen-bond donors (Lipinski definition) is 3. The standard InChI is InChI=1S/C34H47N5O4/c1-3-42-31-15-14-25(20-32(31)43-4-2)22-36-34(41)30(21-26-23-35-29-13-9-8-12-28(26)29)37-33(40)24-38-16-18-39(19-17-38)27-10-6-5-7-11-27/h8-9,12-15,20,23,27,30,35H,3-7,10-11,16-19,21-22,24H2,1-2H3,(H,36,41)(H,37,40). The first-order valence-electron chi connectivity index (χ1n) is 16.0. The third-order valence-corrected chi connectivity index (χ3v) is 8.69. The largest absolute Gasteiger partial charge is 0.490 e. The van der Waals surface area contributed by atoms with Gasteiger partial charge in [0.25, 0.3) is 0 Å². The van der Waals surface area contributed by atoms with Crippen LogP contribution >= 0.6 is 0 Å². The zero-order valence-electron chi connectivity index (χ0n) is 25.7. The summed E-state index contributed by atoms with van der Waals surface area (Å²) in [6.45, 7) is 9.30. The minimum absolute atomic E-state index is 0.120. The fourth-order valence-corrected chi connectivity index (χ4v) is 6.42. The van der Waals surface area contributed by atoms with Gasteiger partial charge >= 0.3 is 0 Å². The van der Waals surface area contributed by atoms with E-state index >= 15 is 0 Å². The lowest BCUT2D eigenvalue weighted by Gasteiger charge is -2.40. The van der Waals surface area contributed by atoms with E-state index in [2.05, 4.69) is 25.4 Å². The first-order chi connectivity index (χ1) is 21.0. The molecule has 1 aliphatic heterocycles. The summed E-state index contributed by atoms with van der Waals surface area (Å²) >= 11 is 0. The molecule has 3 N–H and O–H groups in total. The molecule has 2 aromatic carbocycles. The number of benzene rings is 2. The highest BCUT2D eigenvalue weighted by atomic mass is 16.5. The third-order valence-electron chi connectivity index (χ3n) is 8.69. The summed E-state index contributed by atoms with van der Waals surface area (Å²) in [4.78, 5) is 35.0. The number of fused-ring (bicyclic) bond motifs is 1. The maximum atomic E-state index is 13.6. The van der Waals surface area contributed by atoms with Crippen molar-refractivity contribution in [2.75, 3.05) is 45.9 Å². The SMILES string of the molecule is CCOc1ccc(CNC(=O)C(Cc2c[nH]c3ccccc23)NC(=O)CN2CCN(C3CCCCC3)CC2)cc1OCC. The van der Waals surface area contributed by atoms with Crippen LogP contribution in [0.3, 0.4) is 0 Å². The number of hydrogen-bond acceptors (Lipinski definition) is 6. The lowest BCUT2D eigenvalue weighted by atomic mass is 9.94. The van der Waals surface area contributed by atoms with Crippen molar-refractivity contribution in [3.05, 3.63) is 59.8 Å². The number of rotatable bonds is 13. The molecule has 0 bridgehead atoms. The van der Waals surface area contributed by atoms with Gasteiger partial charge in [-0.05, 0) is 56.0 Å². The maximum Gasteiger partial charge on any atom is 0.243 e. The predicted octanol–water partition coefficient (Wildman–Crippen LogP) is 4.26. The van der Waals surface area contributed by atoms with E-state index in [0.717, 1.165) is 48.2 Å². The summed E-state index contributed by atoms with van der Waals surface area (Å²) in [5.74, 6) is 1.00. The number of nitrogens with one attached hydrogen (secondary N) is 3. The van der Waals surface area contributed by atoms with Crippen molar-refractivity contribution in [2.45, 2.75) is 71.0 Å². The number of para-hydroxylation sites is 1. The molecule has 5 rings (SSSR count). The van der Waals surface area contributed by atoms with Crippen LogP contribution in [0.15, 0.2) is 48.7 Å². The van der Waals surface area contributed by atoms with E-state index in [1.54, 1.807) is 0 Å². The Labute approximate surface area is 255 Å². The zero-order valence-corrected chi connectivity index (χ0v) is 25.7. The minimum atomic E-state index is -0.704. The number of piperazine rings is 1. The van der Waals surface area contributed by atoms with Gasteiger partial charge in [0.1, 0.15) is 6.04 Å². The molecule has 9 heteroatoms. The molecule has 1 aromatic heterocycles. The van der Waals surface area contributed by atoms with Crippen molar-refractivity contribution < 1.29 is 19.1 Å². The summed E-state index contributed by atoms with van der Waals surface area (Å²) in [5.41, 5.74) is 2.90. The fourth-order valence-electron chi connectivity index (χ4n) is 6.42. The molecular formula is C34H47N5O4. The Hall–Kier alpha value is -3.56. The molecule has 1 unspecified atom stereocenters. The van der Waals surface area contributed by atoms with Crippen LogP contribution in [-0.4, -0.2) is 84.6 Å². The summed E-state index contributed by atoms with van der Waals surface area (Å²) in [5, 5.41) is 7.18. The van der Waals surface area contributed by atoms with Gasteiger partial charge in [-0.2, -0.15) is 0 Å². The molecule has 1 aliphatic carbocycles. The van der Waals surface area contributed by atoms with Crippen LogP contribution in [0.25, 0.3) is 10.9 Å². The van der Waals surface area contributed by atoms with Gasteiger partial charge < -0.3 is 25.1 Å². The Morgan fingerprint density at radius 1 is 0.953 bits per heavy atom. The second kappa shape index (κ2) is 15.3. The van der Waals surface area contributed by atoms with Gasteiger partial charge in [0.15, 0.2) is 11.5 Å². The van der Waals surface area contributed by atoms with Crippen LogP contribution in [-0.2, 0) is 22.6 Å². The van der Waals surface area contributed by atoms with Gasteiger partial charge in [-0.1, -0.05) is 43.5 Å². The quantitative estimate of drug-likeness (QED) is 0.276. The normalized spacial score (nSPS) is 17.4. The van der Waals surface area contributed by atoms with Crippen molar-refractivity contribution in [3.63, 3.8) is 0 Å². The third kappa shape index (κ3) is 8.30. The predicted molar refractivity (Wildman–Crippen MR) is 169 cm³/mol. The van der Waals surface area contributed by atoms with E-state index in [4.69, 9.17) is 9.47 Å². The van der Waals surface area contributed by atoms with E-state index in [-0.39, 0.29) is 11.8 Å². The molecule has 2 aliphatic rings. The molecular weight excluding hydrogens is 542 g/mol. The summed E-state index contributed by atoms with van der Waals surface area (Å²) in [7, 11) is 0. The monoisotopic (exact) mass is 589 g/mol. The molecule has 2 amide bonds. The summed E-state index contributed by atoms with van der Waals surface area (Å²) < 4.78 is 11.4. The second-order valence-corrected chi connectivity index (χ2v) is 11.7. The van der Waals surface area contributed by atoms with Crippen LogP contribution in [0.2, 0.25) is 0 Å². The minimum Gasteiger partial charge on any atom is -0.490 e. The molecule has 232 valence electrons. The Kier molecular flexibility index (Phi) is 11.0. The molecule has 43 heavy (non-hydrogen) atoms. The molecule has 1 atom stereocenters. The molecule has 2 fully saturated rings. The average molecular weight is 590 g/mol. The van der Waals surface area contributed by atoms with Crippen molar-refractivity contribution >= 4 is 22.7 Å². The molecule has 1 saturated heterocycles. The van der Waals surface area contributed by atoms with Crippen molar-refractivity contribution in [1.29, 1.82) is 0 Å². The van der Waals surface area contributed by atoms with Gasteiger partial charge in [-0.25, -0.2) is 0 Å². The summed E-state index contributed by atoms with van der Waals surface area (Å²) in [6.07, 6.45) is 8.95. The van der Waals surface area contributed by atoms with Crippen LogP contribution in [0.1, 0.15) is 57.1 Å². The number of carbonyl (C=O) groups is 2. The molecule has 1 saturated carbocycles. The van der Waals surface area contributed by atoms with E-state index in [1.165, 1.54) is 32.1 Å². The van der Waals surface area contributed by atoms with Gasteiger partial charge in [0.2, 0.25) is 11.8 Å². The smallest absolute Gasteiger partial charge is 0.243 e. The van der Waals surface area contributed by atoms with Gasteiger partial charge in [-0.3, -0.25) is 19.4 Å². The number of ether oxygens (including phenoxy) is 2. The van der Waals surface area contributed by atoms with Crippen molar-refractivity contribution in [3.8, 4) is 11.5 Å². The Bertz CT molecular complexity index is 1340. The van der Waals surface area contributed by atoms with Crippen LogP contribution in [0, 0.1) is 0 Å². The molecule has 0 radical (unpaired) electrons. The highest BCUT2D eigenvalue weighted by Gasteiger charge is 2.28. The van der Waals surface area contributed by atoms with E-state index < -0.39 is 6.04 Å². The topological polar surface area (TPSA) is 98.9 Å². The fraction of sp³-hybridized carbons (Fsp3) is 0.529. The van der Waals surface area contributed by atoms with Gasteiger partial charge in [0.05, 0.1) is 19.8 Å². The number of H-pyrrole nitrogens is 1. The molecule has 3 aromatic rings.